The maximum Gasteiger partial charge on any atom is -0.00685 e. The summed E-state index contributed by atoms with van der Waals surface area (Å²) in [7, 11) is 1.67. The lowest BCUT2D eigenvalue weighted by Gasteiger charge is -2.23. The van der Waals surface area contributed by atoms with Gasteiger partial charge in [0.2, 0.25) is 0 Å². The van der Waals surface area contributed by atoms with E-state index in [1.54, 1.807) is 0 Å². The van der Waals surface area contributed by atoms with Crippen LogP contribution < -0.4 is 10.6 Å². The van der Waals surface area contributed by atoms with Crippen molar-refractivity contribution in [3.63, 3.8) is 0 Å². The summed E-state index contributed by atoms with van der Waals surface area (Å²) < 4.78 is 0. The van der Waals surface area contributed by atoms with Gasteiger partial charge < -0.3 is 0 Å². The average Bonchev–Trinajstić information content (AvgIpc) is 2.50. The van der Waals surface area contributed by atoms with Gasteiger partial charge in [-0.3, -0.25) is 0 Å². The zero-order chi connectivity index (χ0) is 16.6. The topological polar surface area (TPSA) is 0 Å². The van der Waals surface area contributed by atoms with E-state index in [4.69, 9.17) is 0 Å². The summed E-state index contributed by atoms with van der Waals surface area (Å²) in [6, 6.07) is 4.82. The molecule has 2 aromatic carbocycles. The van der Waals surface area contributed by atoms with Gasteiger partial charge in [0.1, 0.15) is 0 Å². The highest BCUT2D eigenvalue weighted by Crippen LogP contribution is 2.34. The molecule has 0 aliphatic carbocycles. The molecule has 2 rings (SSSR count). The Balaban J connectivity index is 2.94. The summed E-state index contributed by atoms with van der Waals surface area (Å²) >= 11 is 0. The van der Waals surface area contributed by atoms with E-state index in [0.29, 0.717) is 0 Å². The number of hydrogen-bond acceptors (Lipinski definition) is 0. The monoisotopic (exact) mass is 330 g/mol. The molecule has 0 fully saturated rings. The lowest BCUT2D eigenvalue weighted by Crippen LogP contribution is -2.14. The normalized spacial score (nSPS) is 12.2. The van der Waals surface area contributed by atoms with Gasteiger partial charge in [-0.1, -0.05) is 29.3 Å². The Kier molecular flexibility index (Phi) is 5.47. The van der Waals surface area contributed by atoms with Crippen molar-refractivity contribution in [1.82, 2.24) is 0 Å². The third-order valence-corrected chi connectivity index (χ3v) is 6.97. The molecule has 118 valence electrons. The Bertz CT molecular complexity index is 664. The number of rotatable bonds is 3. The average molecular weight is 330 g/mol. The van der Waals surface area contributed by atoms with Crippen LogP contribution in [0, 0.1) is 41.5 Å². The molecular weight excluding hydrogens is 302 g/mol. The van der Waals surface area contributed by atoms with Crippen molar-refractivity contribution in [3.8, 4) is 11.1 Å². The summed E-state index contributed by atoms with van der Waals surface area (Å²) in [6.45, 7) is 18.2. The molecule has 0 heterocycles. The minimum Gasteiger partial charge on any atom is -0.0929 e. The Hall–Kier alpha value is -0.700. The zero-order valence-electron chi connectivity index (χ0n) is 15.2. The molecule has 0 saturated heterocycles. The number of aryl methyl sites for hydroxylation is 2. The van der Waals surface area contributed by atoms with Crippen LogP contribution in [0.25, 0.3) is 11.1 Å². The van der Waals surface area contributed by atoms with Crippen molar-refractivity contribution in [2.75, 3.05) is 13.3 Å². The largest absolute Gasteiger partial charge is 0.0929 e. The minimum atomic E-state index is 0.835. The van der Waals surface area contributed by atoms with Crippen LogP contribution >= 0.6 is 17.2 Å². The van der Waals surface area contributed by atoms with E-state index >= 15 is 0 Å². The highest BCUT2D eigenvalue weighted by Gasteiger charge is 2.18. The van der Waals surface area contributed by atoms with Crippen molar-refractivity contribution in [2.45, 2.75) is 41.5 Å². The second-order valence-electron chi connectivity index (χ2n) is 6.23. The van der Waals surface area contributed by atoms with Gasteiger partial charge >= 0.3 is 0 Å². The number of benzene rings is 2. The second kappa shape index (κ2) is 6.82. The standard InChI is InChI=1S/C20H28P2/c1-11-9-17(21-7)19(15(5)13(11)3)20-16(6)14(4)12(2)10-18(20)22-8/h9-10,21-22H,1-8H3. The Morgan fingerprint density at radius 1 is 0.545 bits per heavy atom. The molecule has 0 bridgehead atoms. The summed E-state index contributed by atoms with van der Waals surface area (Å²) in [5.41, 5.74) is 11.7. The van der Waals surface area contributed by atoms with Crippen LogP contribution in [0.1, 0.15) is 33.4 Å². The van der Waals surface area contributed by atoms with Crippen LogP contribution in [0.3, 0.4) is 0 Å². The van der Waals surface area contributed by atoms with E-state index < -0.39 is 0 Å². The van der Waals surface area contributed by atoms with Crippen molar-refractivity contribution in [1.29, 1.82) is 0 Å². The summed E-state index contributed by atoms with van der Waals surface area (Å²) in [5, 5.41) is 3.04. The molecule has 0 saturated carbocycles. The van der Waals surface area contributed by atoms with Crippen molar-refractivity contribution < 1.29 is 0 Å². The maximum absolute atomic E-state index is 2.41. The fraction of sp³-hybridized carbons (Fsp3) is 0.400. The van der Waals surface area contributed by atoms with Crippen LogP contribution in [0.5, 0.6) is 0 Å². The van der Waals surface area contributed by atoms with Crippen molar-refractivity contribution in [2.24, 2.45) is 0 Å². The van der Waals surface area contributed by atoms with Gasteiger partial charge in [-0.15, -0.1) is 0 Å². The van der Waals surface area contributed by atoms with Gasteiger partial charge in [0, 0.05) is 0 Å². The van der Waals surface area contributed by atoms with Crippen LogP contribution in [0.4, 0.5) is 0 Å². The van der Waals surface area contributed by atoms with Crippen LogP contribution in [-0.4, -0.2) is 13.3 Å². The fourth-order valence-electron chi connectivity index (χ4n) is 3.20. The zero-order valence-corrected chi connectivity index (χ0v) is 17.2. The van der Waals surface area contributed by atoms with Crippen molar-refractivity contribution in [3.05, 3.63) is 45.5 Å². The lowest BCUT2D eigenvalue weighted by atomic mass is 9.89. The Morgan fingerprint density at radius 2 is 0.864 bits per heavy atom. The Morgan fingerprint density at radius 3 is 1.14 bits per heavy atom. The third kappa shape index (κ3) is 2.89. The van der Waals surface area contributed by atoms with Gasteiger partial charge in [-0.25, -0.2) is 0 Å². The van der Waals surface area contributed by atoms with Gasteiger partial charge in [-0.2, -0.15) is 0 Å². The molecule has 0 amide bonds. The van der Waals surface area contributed by atoms with Gasteiger partial charge in [0.15, 0.2) is 0 Å². The predicted octanol–water partition coefficient (Wildman–Crippen LogP) is 5.07. The first-order valence-electron chi connectivity index (χ1n) is 7.90. The van der Waals surface area contributed by atoms with Gasteiger partial charge in [0.25, 0.3) is 0 Å². The summed E-state index contributed by atoms with van der Waals surface area (Å²) in [6.07, 6.45) is 0. The molecule has 2 heteroatoms. The molecule has 2 unspecified atom stereocenters. The van der Waals surface area contributed by atoms with E-state index in [9.17, 15) is 0 Å². The molecule has 0 aliphatic rings. The molecule has 0 radical (unpaired) electrons. The minimum absolute atomic E-state index is 0.835. The molecular formula is C20H28P2. The Labute approximate surface area is 139 Å². The molecule has 2 atom stereocenters. The smallest absolute Gasteiger partial charge is 0.00685 e. The van der Waals surface area contributed by atoms with E-state index in [-0.39, 0.29) is 0 Å². The molecule has 2 aromatic rings. The molecule has 22 heavy (non-hydrogen) atoms. The molecule has 0 aliphatic heterocycles. The predicted molar refractivity (Wildman–Crippen MR) is 108 cm³/mol. The van der Waals surface area contributed by atoms with E-state index in [0.717, 1.165) is 17.2 Å². The van der Waals surface area contributed by atoms with Crippen molar-refractivity contribution >= 4 is 27.8 Å². The lowest BCUT2D eigenvalue weighted by molar-refractivity contribution is 1.25. The molecule has 0 aromatic heterocycles. The molecule has 0 N–H and O–H groups in total. The number of hydrogen-bond donors (Lipinski definition) is 0. The first kappa shape index (κ1) is 17.7. The van der Waals surface area contributed by atoms with E-state index in [2.05, 4.69) is 67.0 Å². The van der Waals surface area contributed by atoms with Gasteiger partial charge in [-0.05, 0) is 110 Å². The van der Waals surface area contributed by atoms with Crippen LogP contribution in [0.15, 0.2) is 12.1 Å². The molecule has 0 nitrogen and oxygen atoms in total. The summed E-state index contributed by atoms with van der Waals surface area (Å²) in [4.78, 5) is 0. The summed E-state index contributed by atoms with van der Waals surface area (Å²) in [5.74, 6) is 0. The van der Waals surface area contributed by atoms with E-state index in [1.807, 2.05) is 0 Å². The van der Waals surface area contributed by atoms with Crippen LogP contribution in [-0.2, 0) is 0 Å². The van der Waals surface area contributed by atoms with Gasteiger partial charge in [0.05, 0.1) is 0 Å². The first-order chi connectivity index (χ1) is 10.3. The molecule has 0 spiro atoms. The third-order valence-electron chi connectivity index (χ3n) is 5.11. The van der Waals surface area contributed by atoms with Crippen LogP contribution in [0.2, 0.25) is 0 Å². The SMILES string of the molecule is CPc1cc(C)c(C)c(C)c1-c1c(PC)cc(C)c(C)c1C. The maximum atomic E-state index is 2.41. The van der Waals surface area contributed by atoms with E-state index in [1.165, 1.54) is 55.1 Å². The second-order valence-corrected chi connectivity index (χ2v) is 8.31. The first-order valence-corrected chi connectivity index (χ1v) is 10.9. The quantitative estimate of drug-likeness (QED) is 0.689. The highest BCUT2D eigenvalue weighted by molar-refractivity contribution is 7.47. The highest BCUT2D eigenvalue weighted by atomic mass is 31.1. The fourth-order valence-corrected chi connectivity index (χ4v) is 5.05.